The summed E-state index contributed by atoms with van der Waals surface area (Å²) < 4.78 is 47.5. The Labute approximate surface area is 297 Å². The van der Waals surface area contributed by atoms with Gasteiger partial charge in [0.1, 0.15) is 6.61 Å². The van der Waals surface area contributed by atoms with E-state index in [1.807, 2.05) is 30.3 Å². The molecule has 0 saturated carbocycles. The van der Waals surface area contributed by atoms with Gasteiger partial charge in [-0.3, -0.25) is 9.69 Å². The molecule has 0 aliphatic carbocycles. The normalized spacial score (nSPS) is 16.3. The van der Waals surface area contributed by atoms with E-state index in [-0.39, 0.29) is 5.97 Å². The van der Waals surface area contributed by atoms with Gasteiger partial charge in [-0.15, -0.1) is 0 Å². The van der Waals surface area contributed by atoms with Gasteiger partial charge >= 0.3 is 12.1 Å². The number of fused-ring (bicyclic) bond motifs is 2. The molecular formula is C41H57F3N2O2S. The number of piperazine rings is 1. The number of esters is 1. The van der Waals surface area contributed by atoms with Crippen molar-refractivity contribution in [2.45, 2.75) is 119 Å². The molecule has 0 atom stereocenters. The van der Waals surface area contributed by atoms with Crippen molar-refractivity contribution in [3.63, 3.8) is 0 Å². The maximum atomic E-state index is 14.0. The Morgan fingerprint density at radius 3 is 2.06 bits per heavy atom. The molecule has 4 rings (SSSR count). The maximum Gasteiger partial charge on any atom is 0.417 e. The van der Waals surface area contributed by atoms with E-state index in [1.54, 1.807) is 6.07 Å². The molecule has 2 aliphatic rings. The van der Waals surface area contributed by atoms with Crippen molar-refractivity contribution in [3.05, 3.63) is 77.4 Å². The van der Waals surface area contributed by atoms with Gasteiger partial charge in [0, 0.05) is 61.0 Å². The minimum absolute atomic E-state index is 0.0951. The molecule has 0 unspecified atom stereocenters. The van der Waals surface area contributed by atoms with Gasteiger partial charge in [-0.05, 0) is 67.9 Å². The molecule has 0 aromatic heterocycles. The largest absolute Gasteiger partial charge is 0.464 e. The van der Waals surface area contributed by atoms with Crippen LogP contribution in [0, 0.1) is 0 Å². The zero-order chi connectivity index (χ0) is 34.7. The lowest BCUT2D eigenvalue weighted by Crippen LogP contribution is -2.47. The molecule has 0 bridgehead atoms. The standard InChI is InChI=1S/C41H57F3N2O2S/c1-2-3-4-5-6-7-8-9-10-11-12-13-14-15-16-26-39(47)48-33-32-46-30-28-45(29-31-46)27-20-22-35-34-21-17-18-24-37(34)49-38-25-19-23-36(40(35)38)41(42,43)44/h9-10,17-19,21-25H,2-8,11-16,20,26-33H2,1H3. The van der Waals surface area contributed by atoms with E-state index in [0.717, 1.165) is 62.6 Å². The lowest BCUT2D eigenvalue weighted by Gasteiger charge is -2.34. The second-order valence-corrected chi connectivity index (χ2v) is 14.5. The van der Waals surface area contributed by atoms with Gasteiger partial charge in [0.05, 0.1) is 5.56 Å². The average Bonchev–Trinajstić information content (AvgIpc) is 3.09. The number of alkyl halides is 3. The summed E-state index contributed by atoms with van der Waals surface area (Å²) in [5.74, 6) is -0.0951. The van der Waals surface area contributed by atoms with Crippen molar-refractivity contribution >= 4 is 23.3 Å². The number of ether oxygens (including phenoxy) is 1. The van der Waals surface area contributed by atoms with E-state index in [0.29, 0.717) is 35.5 Å². The van der Waals surface area contributed by atoms with Crippen LogP contribution in [0.1, 0.15) is 120 Å². The highest BCUT2D eigenvalue weighted by Gasteiger charge is 2.37. The molecular weight excluding hydrogens is 642 g/mol. The number of hydrogen-bond acceptors (Lipinski definition) is 5. The van der Waals surface area contributed by atoms with Gasteiger partial charge in [-0.1, -0.05) is 113 Å². The Kier molecular flexibility index (Phi) is 17.3. The zero-order valence-electron chi connectivity index (χ0n) is 29.6. The van der Waals surface area contributed by atoms with Gasteiger partial charge in [0.25, 0.3) is 0 Å². The second-order valence-electron chi connectivity index (χ2n) is 13.4. The molecule has 0 N–H and O–H groups in total. The number of nitrogens with zero attached hydrogens (tertiary/aromatic N) is 2. The first-order valence-corrected chi connectivity index (χ1v) is 19.6. The fourth-order valence-corrected chi connectivity index (χ4v) is 7.84. The first-order chi connectivity index (χ1) is 23.9. The van der Waals surface area contributed by atoms with E-state index >= 15 is 0 Å². The van der Waals surface area contributed by atoms with Crippen LogP contribution >= 0.6 is 11.8 Å². The van der Waals surface area contributed by atoms with Gasteiger partial charge < -0.3 is 9.64 Å². The van der Waals surface area contributed by atoms with Crippen LogP contribution in [-0.4, -0.2) is 61.6 Å². The van der Waals surface area contributed by atoms with Gasteiger partial charge in [-0.25, -0.2) is 0 Å². The molecule has 4 nitrogen and oxygen atoms in total. The zero-order valence-corrected chi connectivity index (χ0v) is 30.4. The molecule has 0 radical (unpaired) electrons. The number of unbranched alkanes of at least 4 members (excludes halogenated alkanes) is 11. The summed E-state index contributed by atoms with van der Waals surface area (Å²) >= 11 is 1.41. The highest BCUT2D eigenvalue weighted by molar-refractivity contribution is 7.99. The molecule has 1 fully saturated rings. The van der Waals surface area contributed by atoms with Crippen molar-refractivity contribution < 1.29 is 22.7 Å². The summed E-state index contributed by atoms with van der Waals surface area (Å²) in [5.41, 5.74) is 1.28. The predicted molar refractivity (Wildman–Crippen MR) is 197 cm³/mol. The number of benzene rings is 2. The molecule has 0 amide bonds. The van der Waals surface area contributed by atoms with E-state index in [2.05, 4.69) is 28.9 Å². The summed E-state index contributed by atoms with van der Waals surface area (Å²) in [5, 5.41) is 0. The highest BCUT2D eigenvalue weighted by atomic mass is 32.2. The summed E-state index contributed by atoms with van der Waals surface area (Å²) in [6.45, 7) is 7.78. The number of rotatable bonds is 21. The van der Waals surface area contributed by atoms with Gasteiger partial charge in [0.15, 0.2) is 0 Å². The summed E-state index contributed by atoms with van der Waals surface area (Å²) in [6.07, 6.45) is 19.6. The van der Waals surface area contributed by atoms with Crippen LogP contribution < -0.4 is 0 Å². The Morgan fingerprint density at radius 2 is 1.37 bits per heavy atom. The molecule has 2 aromatic rings. The SMILES string of the molecule is CCCCCCCCC=CCCCCCCCC(=O)OCCN1CCN(CCC=C2c3ccccc3Sc3cccc(C(F)(F)F)c32)CC1. The molecule has 8 heteroatoms. The monoisotopic (exact) mass is 698 g/mol. The molecule has 1 saturated heterocycles. The fraction of sp³-hybridized carbons (Fsp3) is 0.585. The minimum Gasteiger partial charge on any atom is -0.464 e. The number of carbonyl (C=O) groups excluding carboxylic acids is 1. The molecule has 2 heterocycles. The van der Waals surface area contributed by atoms with Gasteiger partial charge in [-0.2, -0.15) is 13.2 Å². The third kappa shape index (κ3) is 13.6. The van der Waals surface area contributed by atoms with Crippen LogP contribution in [0.3, 0.4) is 0 Å². The third-order valence-electron chi connectivity index (χ3n) is 9.57. The van der Waals surface area contributed by atoms with Crippen LogP contribution in [0.4, 0.5) is 13.2 Å². The van der Waals surface area contributed by atoms with Crippen LogP contribution in [0.5, 0.6) is 0 Å². The molecule has 2 aromatic carbocycles. The van der Waals surface area contributed by atoms with E-state index in [1.165, 1.54) is 94.5 Å². The molecule has 49 heavy (non-hydrogen) atoms. The Balaban J connectivity index is 1.05. The molecule has 2 aliphatic heterocycles. The topological polar surface area (TPSA) is 32.8 Å². The summed E-state index contributed by atoms with van der Waals surface area (Å²) in [4.78, 5) is 18.6. The van der Waals surface area contributed by atoms with Crippen LogP contribution in [0.15, 0.2) is 70.5 Å². The first-order valence-electron chi connectivity index (χ1n) is 18.8. The fourth-order valence-electron chi connectivity index (χ4n) is 6.70. The molecule has 0 spiro atoms. The Morgan fingerprint density at radius 1 is 0.755 bits per heavy atom. The minimum atomic E-state index is -4.41. The van der Waals surface area contributed by atoms with Crippen molar-refractivity contribution in [3.8, 4) is 0 Å². The van der Waals surface area contributed by atoms with Crippen LogP contribution in [-0.2, 0) is 15.7 Å². The van der Waals surface area contributed by atoms with Crippen molar-refractivity contribution in [2.75, 3.05) is 45.9 Å². The number of hydrogen-bond donors (Lipinski definition) is 0. The average molecular weight is 699 g/mol. The second kappa shape index (κ2) is 21.6. The quantitative estimate of drug-likeness (QED) is 0.0628. The summed E-state index contributed by atoms with van der Waals surface area (Å²) in [7, 11) is 0. The highest BCUT2D eigenvalue weighted by Crippen LogP contribution is 2.49. The smallest absolute Gasteiger partial charge is 0.417 e. The first kappa shape index (κ1) is 39.2. The van der Waals surface area contributed by atoms with E-state index < -0.39 is 11.7 Å². The summed E-state index contributed by atoms with van der Waals surface area (Å²) in [6, 6.07) is 12.2. The van der Waals surface area contributed by atoms with Crippen molar-refractivity contribution in [1.29, 1.82) is 0 Å². The van der Waals surface area contributed by atoms with Crippen LogP contribution in [0.25, 0.3) is 5.57 Å². The van der Waals surface area contributed by atoms with Gasteiger partial charge in [0.2, 0.25) is 0 Å². The van der Waals surface area contributed by atoms with E-state index in [4.69, 9.17) is 4.74 Å². The number of allylic oxidation sites excluding steroid dienone is 2. The predicted octanol–water partition coefficient (Wildman–Crippen LogP) is 11.2. The number of halogens is 3. The Bertz CT molecular complexity index is 1330. The van der Waals surface area contributed by atoms with E-state index in [9.17, 15) is 18.0 Å². The van der Waals surface area contributed by atoms with Crippen molar-refractivity contribution in [1.82, 2.24) is 9.80 Å². The number of carbonyl (C=O) groups is 1. The molecule has 270 valence electrons. The van der Waals surface area contributed by atoms with Crippen LogP contribution in [0.2, 0.25) is 0 Å². The maximum absolute atomic E-state index is 14.0. The third-order valence-corrected chi connectivity index (χ3v) is 10.7. The lowest BCUT2D eigenvalue weighted by molar-refractivity contribution is -0.144. The van der Waals surface area contributed by atoms with Crippen molar-refractivity contribution in [2.24, 2.45) is 0 Å². The lowest BCUT2D eigenvalue weighted by atomic mass is 9.92. The Hall–Kier alpha value is -2.55.